The normalized spacial score (nSPS) is 11.9. The van der Waals surface area contributed by atoms with E-state index in [1.165, 1.54) is 5.56 Å². The second-order valence-corrected chi connectivity index (χ2v) is 4.84. The SMILES string of the molecule is COc1cc(OC)c(C(N)c2cccc(C)c2)cc1OC. The zero-order valence-electron chi connectivity index (χ0n) is 12.8. The van der Waals surface area contributed by atoms with Crippen LogP contribution in [0, 0.1) is 6.92 Å². The molecule has 0 spiro atoms. The van der Waals surface area contributed by atoms with Crippen LogP contribution in [0.1, 0.15) is 22.7 Å². The Labute approximate surface area is 125 Å². The first-order chi connectivity index (χ1) is 10.1. The third-order valence-electron chi connectivity index (χ3n) is 3.47. The zero-order valence-corrected chi connectivity index (χ0v) is 12.8. The van der Waals surface area contributed by atoms with Crippen molar-refractivity contribution >= 4 is 0 Å². The molecule has 21 heavy (non-hydrogen) atoms. The van der Waals surface area contributed by atoms with Gasteiger partial charge in [0.05, 0.1) is 27.4 Å². The molecule has 2 aromatic carbocycles. The molecule has 1 unspecified atom stereocenters. The minimum Gasteiger partial charge on any atom is -0.496 e. The van der Waals surface area contributed by atoms with Crippen molar-refractivity contribution in [2.45, 2.75) is 13.0 Å². The van der Waals surface area contributed by atoms with E-state index in [0.29, 0.717) is 17.2 Å². The summed E-state index contributed by atoms with van der Waals surface area (Å²) < 4.78 is 16.1. The summed E-state index contributed by atoms with van der Waals surface area (Å²) in [4.78, 5) is 0. The fourth-order valence-corrected chi connectivity index (χ4v) is 2.34. The first kappa shape index (κ1) is 15.2. The molecule has 2 N–H and O–H groups in total. The molecule has 112 valence electrons. The first-order valence-electron chi connectivity index (χ1n) is 6.72. The number of methoxy groups -OCH3 is 3. The van der Waals surface area contributed by atoms with E-state index in [1.54, 1.807) is 27.4 Å². The van der Waals surface area contributed by atoms with Crippen molar-refractivity contribution in [2.24, 2.45) is 5.73 Å². The first-order valence-corrected chi connectivity index (χ1v) is 6.72. The quantitative estimate of drug-likeness (QED) is 0.918. The Balaban J connectivity index is 2.51. The summed E-state index contributed by atoms with van der Waals surface area (Å²) in [5.74, 6) is 1.94. The molecule has 0 radical (unpaired) electrons. The fourth-order valence-electron chi connectivity index (χ4n) is 2.34. The van der Waals surface area contributed by atoms with Crippen molar-refractivity contribution in [1.82, 2.24) is 0 Å². The monoisotopic (exact) mass is 287 g/mol. The molecule has 4 heteroatoms. The molecule has 0 heterocycles. The number of benzene rings is 2. The lowest BCUT2D eigenvalue weighted by Gasteiger charge is -2.19. The average Bonchev–Trinajstić information content (AvgIpc) is 2.52. The van der Waals surface area contributed by atoms with Crippen LogP contribution in [0.3, 0.4) is 0 Å². The predicted octanol–water partition coefficient (Wildman–Crippen LogP) is 3.07. The van der Waals surface area contributed by atoms with Gasteiger partial charge in [-0.3, -0.25) is 0 Å². The van der Waals surface area contributed by atoms with Crippen molar-refractivity contribution in [3.63, 3.8) is 0 Å². The maximum atomic E-state index is 6.40. The lowest BCUT2D eigenvalue weighted by atomic mass is 9.97. The molecule has 0 saturated heterocycles. The van der Waals surface area contributed by atoms with Crippen molar-refractivity contribution in [3.8, 4) is 17.2 Å². The van der Waals surface area contributed by atoms with Gasteiger partial charge >= 0.3 is 0 Å². The summed E-state index contributed by atoms with van der Waals surface area (Å²) in [5, 5.41) is 0. The van der Waals surface area contributed by atoms with Crippen molar-refractivity contribution in [3.05, 3.63) is 53.1 Å². The molecule has 2 aromatic rings. The molecule has 4 nitrogen and oxygen atoms in total. The van der Waals surface area contributed by atoms with Crippen LogP contribution in [0.5, 0.6) is 17.2 Å². The van der Waals surface area contributed by atoms with E-state index in [2.05, 4.69) is 6.07 Å². The summed E-state index contributed by atoms with van der Waals surface area (Å²) in [6, 6.07) is 11.5. The molecule has 0 amide bonds. The van der Waals surface area contributed by atoms with Gasteiger partial charge in [-0.25, -0.2) is 0 Å². The van der Waals surface area contributed by atoms with E-state index in [-0.39, 0.29) is 6.04 Å². The van der Waals surface area contributed by atoms with Crippen molar-refractivity contribution < 1.29 is 14.2 Å². The summed E-state index contributed by atoms with van der Waals surface area (Å²) in [6.45, 7) is 2.04. The minimum atomic E-state index is -0.292. The van der Waals surface area contributed by atoms with Crippen molar-refractivity contribution in [2.75, 3.05) is 21.3 Å². The third kappa shape index (κ3) is 3.11. The summed E-state index contributed by atoms with van der Waals surface area (Å²) in [7, 11) is 4.82. The van der Waals surface area contributed by atoms with Gasteiger partial charge in [0.15, 0.2) is 11.5 Å². The van der Waals surface area contributed by atoms with Crippen LogP contribution in [0.2, 0.25) is 0 Å². The van der Waals surface area contributed by atoms with E-state index < -0.39 is 0 Å². The molecular weight excluding hydrogens is 266 g/mol. The lowest BCUT2D eigenvalue weighted by Crippen LogP contribution is -2.13. The molecule has 0 aromatic heterocycles. The van der Waals surface area contributed by atoms with E-state index >= 15 is 0 Å². The summed E-state index contributed by atoms with van der Waals surface area (Å²) >= 11 is 0. The predicted molar refractivity (Wildman–Crippen MR) is 83.3 cm³/mol. The molecule has 2 rings (SSSR count). The standard InChI is InChI=1S/C17H21NO3/c1-11-6-5-7-12(8-11)17(18)13-9-15(20-3)16(21-4)10-14(13)19-2/h5-10,17H,18H2,1-4H3. The molecule has 0 aliphatic heterocycles. The number of aryl methyl sites for hydroxylation is 1. The van der Waals surface area contributed by atoms with E-state index in [4.69, 9.17) is 19.9 Å². The number of nitrogens with two attached hydrogens (primary N) is 1. The average molecular weight is 287 g/mol. The molecule has 0 saturated carbocycles. The molecule has 0 aliphatic carbocycles. The van der Waals surface area contributed by atoms with Gasteiger partial charge < -0.3 is 19.9 Å². The fraction of sp³-hybridized carbons (Fsp3) is 0.294. The van der Waals surface area contributed by atoms with Gasteiger partial charge in [-0.2, -0.15) is 0 Å². The minimum absolute atomic E-state index is 0.292. The molecule has 0 aliphatic rings. The highest BCUT2D eigenvalue weighted by Crippen LogP contribution is 2.38. The van der Waals surface area contributed by atoms with Crippen LogP contribution in [0.25, 0.3) is 0 Å². The lowest BCUT2D eigenvalue weighted by molar-refractivity contribution is 0.347. The second-order valence-electron chi connectivity index (χ2n) is 4.84. The van der Waals surface area contributed by atoms with Gasteiger partial charge in [0.25, 0.3) is 0 Å². The van der Waals surface area contributed by atoms with Crippen molar-refractivity contribution in [1.29, 1.82) is 0 Å². The van der Waals surface area contributed by atoms with Crippen LogP contribution in [0.15, 0.2) is 36.4 Å². The molecule has 1 atom stereocenters. The topological polar surface area (TPSA) is 53.7 Å². The summed E-state index contributed by atoms with van der Waals surface area (Å²) in [5.41, 5.74) is 9.46. The van der Waals surface area contributed by atoms with Gasteiger partial charge in [0, 0.05) is 11.6 Å². The number of hydrogen-bond donors (Lipinski definition) is 1. The van der Waals surface area contributed by atoms with E-state index in [9.17, 15) is 0 Å². The highest BCUT2D eigenvalue weighted by Gasteiger charge is 2.18. The zero-order chi connectivity index (χ0) is 15.4. The maximum absolute atomic E-state index is 6.40. The van der Waals surface area contributed by atoms with Crippen LogP contribution in [0.4, 0.5) is 0 Å². The highest BCUT2D eigenvalue weighted by molar-refractivity contribution is 5.53. The van der Waals surface area contributed by atoms with Crippen LogP contribution >= 0.6 is 0 Å². The Hall–Kier alpha value is -2.20. The van der Waals surface area contributed by atoms with Gasteiger partial charge in [0.2, 0.25) is 0 Å². The van der Waals surface area contributed by atoms with Gasteiger partial charge in [-0.05, 0) is 18.6 Å². The number of hydrogen-bond acceptors (Lipinski definition) is 4. The van der Waals surface area contributed by atoms with E-state index in [1.807, 2.05) is 31.2 Å². The Bertz CT molecular complexity index is 625. The van der Waals surface area contributed by atoms with E-state index in [0.717, 1.165) is 11.1 Å². The molecule has 0 bridgehead atoms. The number of rotatable bonds is 5. The van der Waals surface area contributed by atoms with Gasteiger partial charge in [0.1, 0.15) is 5.75 Å². The third-order valence-corrected chi connectivity index (χ3v) is 3.47. The Morgan fingerprint density at radius 3 is 2.05 bits per heavy atom. The summed E-state index contributed by atoms with van der Waals surface area (Å²) in [6.07, 6.45) is 0. The Morgan fingerprint density at radius 2 is 1.48 bits per heavy atom. The number of ether oxygens (including phenoxy) is 3. The highest BCUT2D eigenvalue weighted by atomic mass is 16.5. The van der Waals surface area contributed by atoms with Crippen LogP contribution in [-0.2, 0) is 0 Å². The largest absolute Gasteiger partial charge is 0.496 e. The Kier molecular flexibility index (Phi) is 4.70. The molecular formula is C17H21NO3. The maximum Gasteiger partial charge on any atom is 0.164 e. The van der Waals surface area contributed by atoms with Gasteiger partial charge in [-0.1, -0.05) is 29.8 Å². The van der Waals surface area contributed by atoms with Crippen LogP contribution < -0.4 is 19.9 Å². The smallest absolute Gasteiger partial charge is 0.164 e. The van der Waals surface area contributed by atoms with Crippen LogP contribution in [-0.4, -0.2) is 21.3 Å². The Morgan fingerprint density at radius 1 is 0.857 bits per heavy atom. The second kappa shape index (κ2) is 6.50. The van der Waals surface area contributed by atoms with Gasteiger partial charge in [-0.15, -0.1) is 0 Å². The molecule has 0 fully saturated rings.